The number of nitrogens with zero attached hydrogens (tertiary/aromatic N) is 2. The first kappa shape index (κ1) is 26.6. The van der Waals surface area contributed by atoms with Gasteiger partial charge < -0.3 is 9.64 Å². The molecule has 1 amide bonds. The number of ether oxygens (including phenoxy) is 1. The van der Waals surface area contributed by atoms with Crippen molar-refractivity contribution in [2.45, 2.75) is 44.9 Å². The third-order valence-corrected chi connectivity index (χ3v) is 8.20. The van der Waals surface area contributed by atoms with Crippen LogP contribution < -0.4 is 4.72 Å². The van der Waals surface area contributed by atoms with Crippen molar-refractivity contribution in [1.29, 1.82) is 0 Å². The Morgan fingerprint density at radius 1 is 1.05 bits per heavy atom. The number of esters is 1. The maximum Gasteiger partial charge on any atom is 0.312 e. The number of benzene rings is 2. The summed E-state index contributed by atoms with van der Waals surface area (Å²) < 4.78 is 34.1. The Labute approximate surface area is 218 Å². The third-order valence-electron chi connectivity index (χ3n) is 6.78. The molecule has 1 saturated heterocycles. The zero-order chi connectivity index (χ0) is 26.6. The highest BCUT2D eigenvalue weighted by molar-refractivity contribution is 7.93. The number of aromatic nitrogens is 1. The fraction of sp³-hybridized carbons (Fsp3) is 0.393. The molecule has 1 aliphatic rings. The van der Waals surface area contributed by atoms with E-state index in [4.69, 9.17) is 4.74 Å². The van der Waals surface area contributed by atoms with E-state index in [1.807, 2.05) is 19.1 Å². The van der Waals surface area contributed by atoms with Crippen molar-refractivity contribution in [3.8, 4) is 0 Å². The molecule has 0 spiro atoms. The van der Waals surface area contributed by atoms with Crippen LogP contribution in [-0.4, -0.2) is 49.9 Å². The molecule has 0 aliphatic carbocycles. The van der Waals surface area contributed by atoms with E-state index in [0.29, 0.717) is 55.2 Å². The van der Waals surface area contributed by atoms with Gasteiger partial charge in [-0.1, -0.05) is 32.0 Å². The minimum absolute atomic E-state index is 0.0885. The Bertz CT molecular complexity index is 1370. The quantitative estimate of drug-likeness (QED) is 0.423. The number of carbonyl (C=O) groups excluding carboxylic acids is 2. The lowest BCUT2D eigenvalue weighted by molar-refractivity contribution is -0.159. The number of rotatable bonds is 8. The van der Waals surface area contributed by atoms with E-state index < -0.39 is 15.4 Å². The Morgan fingerprint density at radius 2 is 1.73 bits per heavy atom. The van der Waals surface area contributed by atoms with E-state index in [-0.39, 0.29) is 16.8 Å². The van der Waals surface area contributed by atoms with Crippen LogP contribution in [0, 0.1) is 11.3 Å². The predicted molar refractivity (Wildman–Crippen MR) is 143 cm³/mol. The molecule has 4 rings (SSSR count). The van der Waals surface area contributed by atoms with Gasteiger partial charge in [-0.3, -0.25) is 19.3 Å². The average molecular weight is 524 g/mol. The van der Waals surface area contributed by atoms with Gasteiger partial charge >= 0.3 is 5.97 Å². The summed E-state index contributed by atoms with van der Waals surface area (Å²) in [5.74, 6) is 0.0242. The molecule has 0 unspecified atom stereocenters. The molecule has 0 atom stereocenters. The SMILES string of the molecule is CCOC(=O)C1(CC(C)C)CCN(C(=O)c2ccc(NS(=O)(=O)c3cccc4cccnc34)cc2)CC1. The number of nitrogens with one attached hydrogen (secondary N) is 1. The summed E-state index contributed by atoms with van der Waals surface area (Å²) in [6.45, 7) is 7.26. The molecule has 8 nitrogen and oxygen atoms in total. The molecular formula is C28H33N3O5S. The van der Waals surface area contributed by atoms with Crippen LogP contribution in [0.4, 0.5) is 5.69 Å². The van der Waals surface area contributed by atoms with Crippen LogP contribution in [0.2, 0.25) is 0 Å². The van der Waals surface area contributed by atoms with Gasteiger partial charge in [-0.25, -0.2) is 8.42 Å². The Morgan fingerprint density at radius 3 is 2.38 bits per heavy atom. The van der Waals surface area contributed by atoms with Crippen LogP contribution in [0.3, 0.4) is 0 Å². The molecule has 2 aromatic carbocycles. The van der Waals surface area contributed by atoms with E-state index in [1.54, 1.807) is 47.5 Å². The zero-order valence-electron chi connectivity index (χ0n) is 21.4. The molecule has 0 bridgehead atoms. The number of pyridine rings is 1. The number of anilines is 1. The van der Waals surface area contributed by atoms with Crippen molar-refractivity contribution in [1.82, 2.24) is 9.88 Å². The largest absolute Gasteiger partial charge is 0.466 e. The van der Waals surface area contributed by atoms with E-state index in [1.165, 1.54) is 6.07 Å². The first-order valence-electron chi connectivity index (χ1n) is 12.6. The van der Waals surface area contributed by atoms with Crippen LogP contribution in [0.1, 0.15) is 50.4 Å². The Balaban J connectivity index is 1.45. The summed E-state index contributed by atoms with van der Waals surface area (Å²) in [5.41, 5.74) is 0.647. The summed E-state index contributed by atoms with van der Waals surface area (Å²) in [4.78, 5) is 32.0. The third kappa shape index (κ3) is 5.77. The van der Waals surface area contributed by atoms with Crippen LogP contribution >= 0.6 is 0 Å². The van der Waals surface area contributed by atoms with Crippen LogP contribution in [-0.2, 0) is 19.6 Å². The fourth-order valence-electron chi connectivity index (χ4n) is 5.06. The van der Waals surface area contributed by atoms with E-state index in [9.17, 15) is 18.0 Å². The predicted octanol–water partition coefficient (Wildman–Crippen LogP) is 4.87. The molecule has 9 heteroatoms. The number of amides is 1. The van der Waals surface area contributed by atoms with Crippen molar-refractivity contribution in [3.05, 3.63) is 66.4 Å². The molecule has 1 N–H and O–H groups in total. The fourth-order valence-corrected chi connectivity index (χ4v) is 6.30. The number of hydrogen-bond donors (Lipinski definition) is 1. The maximum atomic E-state index is 13.2. The lowest BCUT2D eigenvalue weighted by Crippen LogP contribution is -2.47. The lowest BCUT2D eigenvalue weighted by Gasteiger charge is -2.41. The molecule has 3 aromatic rings. The summed E-state index contributed by atoms with van der Waals surface area (Å²) in [7, 11) is -3.88. The Kier molecular flexibility index (Phi) is 7.82. The molecule has 1 fully saturated rings. The second-order valence-corrected chi connectivity index (χ2v) is 11.6. The summed E-state index contributed by atoms with van der Waals surface area (Å²) >= 11 is 0. The standard InChI is InChI=1S/C28H33N3O5S/c1-4-36-27(33)28(19-20(2)3)14-17-31(18-15-28)26(32)22-10-12-23(13-11-22)30-37(34,35)24-9-5-7-21-8-6-16-29-25(21)24/h5-13,16,20,30H,4,14-15,17-19H2,1-3H3. The van der Waals surface area contributed by atoms with Gasteiger partial charge in [-0.15, -0.1) is 0 Å². The number of piperidine rings is 1. The number of hydrogen-bond acceptors (Lipinski definition) is 6. The van der Waals surface area contributed by atoms with Gasteiger partial charge in [0.25, 0.3) is 15.9 Å². The summed E-state index contributed by atoms with van der Waals surface area (Å²) in [5, 5.41) is 0.730. The number of para-hydroxylation sites is 1. The van der Waals surface area contributed by atoms with Gasteiger partial charge in [0.1, 0.15) is 4.90 Å². The molecule has 0 radical (unpaired) electrons. The van der Waals surface area contributed by atoms with Crippen LogP contribution in [0.15, 0.2) is 65.7 Å². The van der Waals surface area contributed by atoms with Crippen molar-refractivity contribution in [2.75, 3.05) is 24.4 Å². The van der Waals surface area contributed by atoms with Gasteiger partial charge in [-0.05, 0) is 68.5 Å². The number of likely N-dealkylation sites (tertiary alicyclic amines) is 1. The van der Waals surface area contributed by atoms with Gasteiger partial charge in [0.2, 0.25) is 0 Å². The minimum Gasteiger partial charge on any atom is -0.466 e. The highest BCUT2D eigenvalue weighted by Gasteiger charge is 2.43. The van der Waals surface area contributed by atoms with Gasteiger partial charge in [0, 0.05) is 35.9 Å². The van der Waals surface area contributed by atoms with Crippen molar-refractivity contribution in [2.24, 2.45) is 11.3 Å². The summed E-state index contributed by atoms with van der Waals surface area (Å²) in [6.07, 6.45) is 3.41. The molecule has 0 saturated carbocycles. The maximum absolute atomic E-state index is 13.2. The highest BCUT2D eigenvalue weighted by Crippen LogP contribution is 2.39. The normalized spacial score (nSPS) is 15.5. The molecule has 1 aromatic heterocycles. The molecular weight excluding hydrogens is 490 g/mol. The van der Waals surface area contributed by atoms with Crippen LogP contribution in [0.5, 0.6) is 0 Å². The smallest absolute Gasteiger partial charge is 0.312 e. The number of sulfonamides is 1. The van der Waals surface area contributed by atoms with Crippen molar-refractivity contribution < 1.29 is 22.7 Å². The van der Waals surface area contributed by atoms with Gasteiger partial charge in [0.05, 0.1) is 17.5 Å². The first-order valence-corrected chi connectivity index (χ1v) is 14.1. The van der Waals surface area contributed by atoms with Crippen molar-refractivity contribution in [3.63, 3.8) is 0 Å². The molecule has 2 heterocycles. The topological polar surface area (TPSA) is 106 Å². The molecule has 1 aliphatic heterocycles. The monoisotopic (exact) mass is 523 g/mol. The second kappa shape index (κ2) is 10.9. The minimum atomic E-state index is -3.88. The van der Waals surface area contributed by atoms with Gasteiger partial charge in [-0.2, -0.15) is 0 Å². The zero-order valence-corrected chi connectivity index (χ0v) is 22.3. The summed E-state index contributed by atoms with van der Waals surface area (Å²) in [6, 6.07) is 14.9. The number of carbonyl (C=O) groups is 2. The van der Waals surface area contributed by atoms with Crippen molar-refractivity contribution >= 4 is 38.5 Å². The van der Waals surface area contributed by atoms with E-state index in [2.05, 4.69) is 23.6 Å². The first-order chi connectivity index (χ1) is 17.6. The molecule has 196 valence electrons. The highest BCUT2D eigenvalue weighted by atomic mass is 32.2. The van der Waals surface area contributed by atoms with E-state index >= 15 is 0 Å². The Hall–Kier alpha value is -3.46. The van der Waals surface area contributed by atoms with Crippen LogP contribution in [0.25, 0.3) is 10.9 Å². The average Bonchev–Trinajstić information content (AvgIpc) is 2.88. The second-order valence-electron chi connectivity index (χ2n) is 9.91. The van der Waals surface area contributed by atoms with E-state index in [0.717, 1.165) is 11.8 Å². The lowest BCUT2D eigenvalue weighted by atomic mass is 9.72. The number of fused-ring (bicyclic) bond motifs is 1. The molecule has 37 heavy (non-hydrogen) atoms. The van der Waals surface area contributed by atoms with Gasteiger partial charge in [0.15, 0.2) is 0 Å².